The third-order valence-corrected chi connectivity index (χ3v) is 8.38. The zero-order valence-corrected chi connectivity index (χ0v) is 20.7. The van der Waals surface area contributed by atoms with Gasteiger partial charge in [-0.05, 0) is 46.5 Å². The van der Waals surface area contributed by atoms with Gasteiger partial charge in [-0.15, -0.1) is 22.7 Å². The van der Waals surface area contributed by atoms with Crippen LogP contribution in [0.4, 0.5) is 0 Å². The second-order valence-corrected chi connectivity index (χ2v) is 10.3. The first kappa shape index (κ1) is 11.2. The average molecular weight is 537 g/mol. The highest BCUT2D eigenvalue weighted by molar-refractivity contribution is 7.26. The van der Waals surface area contributed by atoms with Crippen LogP contribution in [0.25, 0.3) is 74.0 Å². The van der Waals surface area contributed by atoms with Crippen LogP contribution in [0.5, 0.6) is 0 Å². The molecule has 3 aromatic heterocycles. The van der Waals surface area contributed by atoms with Crippen molar-refractivity contribution in [1.29, 1.82) is 0 Å². The maximum absolute atomic E-state index is 9.45. The summed E-state index contributed by atoms with van der Waals surface area (Å²) >= 11 is 2.02. The van der Waals surface area contributed by atoms with Gasteiger partial charge in [0, 0.05) is 35.8 Å². The number of benzene rings is 5. The van der Waals surface area contributed by atoms with Crippen LogP contribution < -0.4 is 0 Å². The summed E-state index contributed by atoms with van der Waals surface area (Å²) in [5.41, 5.74) is 0.0301. The molecule has 0 bridgehead atoms. The number of fused-ring (bicyclic) bond motifs is 6. The summed E-state index contributed by atoms with van der Waals surface area (Å²) in [6, 6.07) is -3.12. The van der Waals surface area contributed by atoms with Crippen molar-refractivity contribution in [2.24, 2.45) is 0 Å². The third kappa shape index (κ3) is 3.38. The predicted molar refractivity (Wildman–Crippen MR) is 164 cm³/mol. The predicted octanol–water partition coefficient (Wildman–Crippen LogP) is 10.2. The van der Waals surface area contributed by atoms with Crippen LogP contribution in [0.1, 0.15) is 21.9 Å². The molecule has 8 rings (SSSR count). The van der Waals surface area contributed by atoms with Crippen molar-refractivity contribution in [2.75, 3.05) is 0 Å². The standard InChI is InChI=1S/C34H20N2S2/c1-2-8-21(9-3-1)22-16-17-30-28(19-22)32-34(38-30)31(35-20-36-32)24-11-6-10-23(18-24)25-13-7-14-27-26-12-4-5-15-29(26)37-33(25)27/h1-20H/i1D,2D,3D,4D,5D,6D,7D,8D,9D,10D,11D,12D,13D,14D,15D,18D. The quantitative estimate of drug-likeness (QED) is 0.224. The fourth-order valence-corrected chi connectivity index (χ4v) is 6.60. The summed E-state index contributed by atoms with van der Waals surface area (Å²) in [6.45, 7) is 0. The molecule has 2 nitrogen and oxygen atoms in total. The summed E-state index contributed by atoms with van der Waals surface area (Å²) < 4.78 is 138. The number of rotatable bonds is 3. The molecule has 38 heavy (non-hydrogen) atoms. The van der Waals surface area contributed by atoms with Crippen molar-refractivity contribution in [1.82, 2.24) is 9.97 Å². The summed E-state index contributed by atoms with van der Waals surface area (Å²) in [7, 11) is 0. The molecule has 4 heteroatoms. The van der Waals surface area contributed by atoms with Gasteiger partial charge in [0.05, 0.1) is 37.8 Å². The van der Waals surface area contributed by atoms with E-state index in [2.05, 4.69) is 9.97 Å². The molecular formula is C34H20N2S2. The van der Waals surface area contributed by atoms with Gasteiger partial charge in [-0.1, -0.05) is 90.7 Å². The van der Waals surface area contributed by atoms with E-state index in [1.165, 1.54) is 17.7 Å². The van der Waals surface area contributed by atoms with Crippen LogP contribution in [0.2, 0.25) is 0 Å². The molecule has 3 heterocycles. The van der Waals surface area contributed by atoms with Crippen LogP contribution >= 0.6 is 22.7 Å². The van der Waals surface area contributed by atoms with Crippen molar-refractivity contribution < 1.29 is 21.9 Å². The molecule has 0 unspecified atom stereocenters. The summed E-state index contributed by atoms with van der Waals surface area (Å²) in [5, 5.41) is 0.436. The lowest BCUT2D eigenvalue weighted by Crippen LogP contribution is -1.87. The largest absolute Gasteiger partial charge is 0.235 e. The van der Waals surface area contributed by atoms with Gasteiger partial charge >= 0.3 is 0 Å². The van der Waals surface area contributed by atoms with Gasteiger partial charge in [0.15, 0.2) is 0 Å². The van der Waals surface area contributed by atoms with Gasteiger partial charge in [0.1, 0.15) is 6.33 Å². The van der Waals surface area contributed by atoms with Crippen LogP contribution in [0.15, 0.2) is 121 Å². The van der Waals surface area contributed by atoms with E-state index in [1.807, 2.05) is 0 Å². The maximum atomic E-state index is 9.45. The second kappa shape index (κ2) is 8.59. The van der Waals surface area contributed by atoms with Crippen LogP contribution in [-0.4, -0.2) is 9.97 Å². The first-order valence-electron chi connectivity index (χ1n) is 19.3. The van der Waals surface area contributed by atoms with Crippen molar-refractivity contribution in [2.45, 2.75) is 0 Å². The van der Waals surface area contributed by atoms with E-state index in [4.69, 9.17) is 20.6 Å². The highest BCUT2D eigenvalue weighted by Gasteiger charge is 2.15. The summed E-state index contributed by atoms with van der Waals surface area (Å²) in [6.07, 6.45) is 1.19. The molecular weight excluding hydrogens is 501 g/mol. The van der Waals surface area contributed by atoms with Gasteiger partial charge in [-0.25, -0.2) is 9.97 Å². The summed E-state index contributed by atoms with van der Waals surface area (Å²) in [4.78, 5) is 8.87. The summed E-state index contributed by atoms with van der Waals surface area (Å²) in [5.74, 6) is 0. The first-order valence-corrected chi connectivity index (χ1v) is 12.9. The minimum absolute atomic E-state index is 0.00729. The molecule has 0 amide bonds. The smallest absolute Gasteiger partial charge is 0.116 e. The van der Waals surface area contributed by atoms with Crippen molar-refractivity contribution in [3.8, 4) is 33.5 Å². The Morgan fingerprint density at radius 2 is 1.32 bits per heavy atom. The Balaban J connectivity index is 1.43. The average Bonchev–Trinajstić information content (AvgIpc) is 3.74. The van der Waals surface area contributed by atoms with Crippen LogP contribution in [0, 0.1) is 0 Å². The maximum Gasteiger partial charge on any atom is 0.116 e. The lowest BCUT2D eigenvalue weighted by molar-refractivity contribution is 1.24. The molecule has 8 aromatic rings. The Kier molecular flexibility index (Phi) is 2.52. The van der Waals surface area contributed by atoms with Gasteiger partial charge in [0.25, 0.3) is 0 Å². The Morgan fingerprint density at radius 1 is 0.553 bits per heavy atom. The molecule has 0 aliphatic rings. The molecule has 0 spiro atoms. The fraction of sp³-hybridized carbons (Fsp3) is 0. The number of thiophene rings is 2. The molecule has 0 atom stereocenters. The molecule has 0 saturated carbocycles. The fourth-order valence-electron chi connectivity index (χ4n) is 4.40. The zero-order valence-electron chi connectivity index (χ0n) is 35.0. The molecule has 0 radical (unpaired) electrons. The van der Waals surface area contributed by atoms with Gasteiger partial charge in [0.2, 0.25) is 0 Å². The monoisotopic (exact) mass is 536 g/mol. The van der Waals surface area contributed by atoms with Crippen LogP contribution in [0.3, 0.4) is 0 Å². The van der Waals surface area contributed by atoms with Crippen molar-refractivity contribution in [3.63, 3.8) is 0 Å². The van der Waals surface area contributed by atoms with Crippen molar-refractivity contribution >= 4 is 63.1 Å². The van der Waals surface area contributed by atoms with E-state index in [0.29, 0.717) is 25.9 Å². The minimum atomic E-state index is -0.619. The second-order valence-electron chi connectivity index (χ2n) is 8.22. The van der Waals surface area contributed by atoms with E-state index >= 15 is 0 Å². The Hall–Kier alpha value is -4.38. The van der Waals surface area contributed by atoms with Crippen LogP contribution in [-0.2, 0) is 0 Å². The van der Waals surface area contributed by atoms with E-state index in [1.54, 1.807) is 18.2 Å². The van der Waals surface area contributed by atoms with Gasteiger partial charge in [-0.3, -0.25) is 0 Å². The number of nitrogens with zero attached hydrogens (tertiary/aromatic N) is 2. The Morgan fingerprint density at radius 3 is 2.26 bits per heavy atom. The Bertz CT molecular complexity index is 3000. The van der Waals surface area contributed by atoms with E-state index in [0.717, 1.165) is 11.3 Å². The number of hydrogen-bond acceptors (Lipinski definition) is 4. The van der Waals surface area contributed by atoms with Gasteiger partial charge in [-0.2, -0.15) is 0 Å². The third-order valence-electron chi connectivity index (χ3n) is 6.09. The molecule has 0 aliphatic carbocycles. The zero-order chi connectivity index (χ0) is 39.0. The van der Waals surface area contributed by atoms with E-state index < -0.39 is 78.6 Å². The first-order chi connectivity index (χ1) is 25.5. The minimum Gasteiger partial charge on any atom is -0.235 e. The number of hydrogen-bond donors (Lipinski definition) is 0. The molecule has 0 N–H and O–H groups in total. The SMILES string of the molecule is [2H]c1c([2H])c([2H])c(-c2ccc3sc4c(-c5c([2H])c([2H])c([2H])c(-c6c([2H])c([2H])c([2H])c7c6sc6c([2H])c([2H])c([2H])c([2H])c67)c5[2H])ncnc4c3c2)c([2H])c1[2H]. The number of aromatic nitrogens is 2. The molecule has 5 aromatic carbocycles. The molecule has 0 fully saturated rings. The van der Waals surface area contributed by atoms with E-state index in [9.17, 15) is 1.37 Å². The highest BCUT2D eigenvalue weighted by Crippen LogP contribution is 2.42. The molecule has 178 valence electrons. The lowest BCUT2D eigenvalue weighted by Gasteiger charge is -2.07. The molecule has 0 saturated heterocycles. The topological polar surface area (TPSA) is 25.8 Å². The van der Waals surface area contributed by atoms with Gasteiger partial charge < -0.3 is 0 Å². The highest BCUT2D eigenvalue weighted by atomic mass is 32.1. The normalized spacial score (nSPS) is 17.6. The van der Waals surface area contributed by atoms with E-state index in [-0.39, 0.29) is 66.2 Å². The molecule has 0 aliphatic heterocycles. The van der Waals surface area contributed by atoms with Crippen molar-refractivity contribution in [3.05, 3.63) is 121 Å². The Labute approximate surface area is 250 Å². The lowest BCUT2D eigenvalue weighted by atomic mass is 9.99.